The molecule has 0 spiro atoms. The van der Waals surface area contributed by atoms with Crippen LogP contribution in [0.25, 0.3) is 11.2 Å². The Morgan fingerprint density at radius 2 is 2.05 bits per heavy atom. The van der Waals surface area contributed by atoms with E-state index in [1.54, 1.807) is 0 Å². The zero-order valence-corrected chi connectivity index (χ0v) is 23.5. The first-order chi connectivity index (χ1) is 17.7. The van der Waals surface area contributed by atoms with E-state index in [1.807, 2.05) is 46.5 Å². The maximum Gasteiger partial charge on any atom is 0.295 e. The summed E-state index contributed by atoms with van der Waals surface area (Å²) in [4.78, 5) is 21.7. The first-order valence-corrected chi connectivity index (χ1v) is 16.8. The highest BCUT2D eigenvalue weighted by Gasteiger charge is 2.61. The number of aromatic nitrogens is 3. The molecule has 1 amide bonds. The number of pyridine rings is 1. The van der Waals surface area contributed by atoms with Crippen LogP contribution in [0.1, 0.15) is 49.6 Å². The van der Waals surface area contributed by atoms with E-state index in [0.29, 0.717) is 11.4 Å². The second-order valence-corrected chi connectivity index (χ2v) is 11.8. The third-order valence-corrected chi connectivity index (χ3v) is 9.20. The Kier molecular flexibility index (Phi) is 7.86. The lowest BCUT2D eigenvalue weighted by Gasteiger charge is -2.24. The first kappa shape index (κ1) is 26.9. The minimum absolute atomic E-state index is 0.0164. The molecule has 3 atom stereocenters. The summed E-state index contributed by atoms with van der Waals surface area (Å²) < 4.78 is 61.6. The zero-order chi connectivity index (χ0) is 26.3. The number of fused-ring (bicyclic) bond motifs is 1. The first-order valence-electron chi connectivity index (χ1n) is 11.5. The van der Waals surface area contributed by atoms with Crippen molar-refractivity contribution in [2.45, 2.75) is 49.0 Å². The Morgan fingerprint density at radius 3 is 2.68 bits per heavy atom. The van der Waals surface area contributed by atoms with Crippen LogP contribution in [-0.4, -0.2) is 39.0 Å². The molecule has 2 aromatic heterocycles. The highest BCUT2D eigenvalue weighted by atomic mass is 127. The summed E-state index contributed by atoms with van der Waals surface area (Å²) in [6.45, 7) is 0.724. The average molecular weight is 667 g/mol. The third-order valence-electron chi connectivity index (χ3n) is 6.36. The summed E-state index contributed by atoms with van der Waals surface area (Å²) >= 11 is 3.46. The number of benzene rings is 1. The Balaban J connectivity index is 1.53. The Hall–Kier alpha value is -1.70. The summed E-state index contributed by atoms with van der Waals surface area (Å²) in [6, 6.07) is 7.32. The molecule has 1 saturated heterocycles. The lowest BCUT2D eigenvalue weighted by molar-refractivity contribution is -0.119. The van der Waals surface area contributed by atoms with Crippen LogP contribution in [0.3, 0.4) is 0 Å². The van der Waals surface area contributed by atoms with Crippen molar-refractivity contribution >= 4 is 74.4 Å². The predicted molar refractivity (Wildman–Crippen MR) is 146 cm³/mol. The molecule has 1 aliphatic carbocycles. The van der Waals surface area contributed by atoms with E-state index in [9.17, 15) is 22.4 Å². The van der Waals surface area contributed by atoms with Gasteiger partial charge in [-0.15, -0.1) is 11.8 Å². The van der Waals surface area contributed by atoms with E-state index in [0.717, 1.165) is 36.3 Å². The molecule has 198 valence electrons. The molecule has 37 heavy (non-hydrogen) atoms. The molecule has 7 nitrogen and oxygen atoms in total. The highest BCUT2D eigenvalue weighted by Crippen LogP contribution is 2.49. The topological polar surface area (TPSA) is 81.1 Å². The Labute approximate surface area is 229 Å². The fourth-order valence-electron chi connectivity index (χ4n) is 4.32. The molecule has 1 saturated carbocycles. The van der Waals surface area contributed by atoms with Crippen LogP contribution in [0.2, 0.25) is 0 Å². The summed E-state index contributed by atoms with van der Waals surface area (Å²) in [7, 11) is 0. The molecule has 2 aliphatic rings. The van der Waals surface area contributed by atoms with Crippen LogP contribution in [0.15, 0.2) is 29.2 Å². The van der Waals surface area contributed by atoms with Crippen molar-refractivity contribution in [1.82, 2.24) is 14.3 Å². The number of hydrogen-bond acceptors (Lipinski definition) is 6. The third kappa shape index (κ3) is 5.55. The number of nitrogens with zero attached hydrogens (tertiary/aromatic N) is 3. The van der Waals surface area contributed by atoms with E-state index in [2.05, 4.69) is 20.6 Å². The van der Waals surface area contributed by atoms with E-state index in [4.69, 9.17) is 4.74 Å². The Morgan fingerprint density at radius 1 is 1.27 bits per heavy atom. The smallest absolute Gasteiger partial charge is 0.295 e. The number of carbonyl (C=O) groups excluding carboxylic acids is 1. The number of alkyl halides is 4. The van der Waals surface area contributed by atoms with Crippen molar-refractivity contribution in [1.29, 1.82) is 0 Å². The summed E-state index contributed by atoms with van der Waals surface area (Å²) in [5.74, 6) is -5.79. The van der Waals surface area contributed by atoms with Gasteiger partial charge in [0.2, 0.25) is 5.91 Å². The number of anilines is 3. The summed E-state index contributed by atoms with van der Waals surface area (Å²) in [6.07, 6.45) is 1.53. The molecule has 5 rings (SSSR count). The fraction of sp³-hybridized carbons (Fsp3) is 0.435. The van der Waals surface area contributed by atoms with Crippen LogP contribution in [0, 0.1) is 5.92 Å². The number of hydrogen-bond donors (Lipinski definition) is 2. The van der Waals surface area contributed by atoms with E-state index >= 15 is 0 Å². The fourth-order valence-corrected chi connectivity index (χ4v) is 6.81. The van der Waals surface area contributed by atoms with E-state index in [1.165, 1.54) is 22.2 Å². The normalized spacial score (nSPS) is 21.2. The van der Waals surface area contributed by atoms with Gasteiger partial charge >= 0.3 is 0 Å². The van der Waals surface area contributed by atoms with Crippen LogP contribution < -0.4 is 10.6 Å². The molecule has 2 fully saturated rings. The number of thioether (sulfide) groups is 1. The van der Waals surface area contributed by atoms with Gasteiger partial charge in [-0.2, -0.15) is 0 Å². The zero-order valence-electron chi connectivity index (χ0n) is 19.5. The largest absolute Gasteiger partial charge is 0.374 e. The quantitative estimate of drug-likeness (QED) is 0.112. The van der Waals surface area contributed by atoms with Crippen molar-refractivity contribution in [3.8, 4) is 0 Å². The molecule has 2 N–H and O–H groups in total. The number of nitrogens with one attached hydrogen (secondary N) is 2. The number of carbonyl (C=O) groups is 1. The monoisotopic (exact) mass is 667 g/mol. The minimum atomic E-state index is -3.04. The number of amides is 1. The molecular formula is C23H23F4IN5O2PS. The number of ether oxygens (including phenoxy) is 1. The second kappa shape index (κ2) is 10.8. The standard InChI is InChI=1S/C23H23F4IN5O2PS/c1-37-16-8-11(15-4-2-3-7-35-15)5-6-13(16)29-14-9-17(31-22(34)12-10-23(12,26)27)30-20-18(14)32-21(19(24)25)33(20)36-28/h5-6,8-9,12,15,19,36H,2-4,7,10H2,1H3,(H2,29,30,31,34). The summed E-state index contributed by atoms with van der Waals surface area (Å²) in [5.41, 5.74) is 2.42. The van der Waals surface area contributed by atoms with Gasteiger partial charge in [0.15, 0.2) is 11.5 Å². The molecule has 0 radical (unpaired) electrons. The molecule has 3 unspecified atom stereocenters. The van der Waals surface area contributed by atoms with Gasteiger partial charge in [-0.25, -0.2) is 27.5 Å². The maximum absolute atomic E-state index is 13.8. The molecule has 3 aromatic rings. The van der Waals surface area contributed by atoms with Gasteiger partial charge in [-0.1, -0.05) is 6.07 Å². The van der Waals surface area contributed by atoms with Gasteiger partial charge < -0.3 is 15.4 Å². The number of halogens is 5. The van der Waals surface area contributed by atoms with Crippen LogP contribution in [-0.2, 0) is 9.53 Å². The molecule has 14 heteroatoms. The van der Waals surface area contributed by atoms with E-state index in [-0.39, 0.29) is 29.5 Å². The number of rotatable bonds is 8. The van der Waals surface area contributed by atoms with Gasteiger partial charge in [0, 0.05) is 24.0 Å². The second-order valence-electron chi connectivity index (χ2n) is 8.86. The average Bonchev–Trinajstić information content (AvgIpc) is 3.36. The molecular weight excluding hydrogens is 644 g/mol. The summed E-state index contributed by atoms with van der Waals surface area (Å²) in [5, 5.41) is 5.68. The predicted octanol–water partition coefficient (Wildman–Crippen LogP) is 7.46. The SMILES string of the molecule is CSc1cc(C2CCCCO2)ccc1Nc1cc(NC(=O)C2CC2(F)F)nc2c1nc(C(F)F)n2PI. The maximum atomic E-state index is 13.8. The van der Waals surface area contributed by atoms with Crippen molar-refractivity contribution in [2.24, 2.45) is 5.92 Å². The van der Waals surface area contributed by atoms with Crippen molar-refractivity contribution in [3.05, 3.63) is 35.7 Å². The van der Waals surface area contributed by atoms with Crippen molar-refractivity contribution < 1.29 is 27.1 Å². The lowest BCUT2D eigenvalue weighted by Crippen LogP contribution is -2.18. The minimum Gasteiger partial charge on any atom is -0.374 e. The van der Waals surface area contributed by atoms with Crippen LogP contribution in [0.4, 0.5) is 34.8 Å². The Bertz CT molecular complexity index is 1340. The van der Waals surface area contributed by atoms with Crippen LogP contribution in [0.5, 0.6) is 0 Å². The van der Waals surface area contributed by atoms with Gasteiger partial charge in [0.05, 0.1) is 23.9 Å². The lowest BCUT2D eigenvalue weighted by atomic mass is 10.0. The molecule has 1 aliphatic heterocycles. The molecule has 1 aromatic carbocycles. The van der Waals surface area contributed by atoms with Gasteiger partial charge in [-0.3, -0.25) is 9.13 Å². The van der Waals surface area contributed by atoms with Gasteiger partial charge in [0.1, 0.15) is 17.3 Å². The van der Waals surface area contributed by atoms with Crippen molar-refractivity contribution in [2.75, 3.05) is 23.5 Å². The number of imidazole rings is 1. The molecule has 0 bridgehead atoms. The van der Waals surface area contributed by atoms with Gasteiger partial charge in [0.25, 0.3) is 12.3 Å². The van der Waals surface area contributed by atoms with Crippen molar-refractivity contribution in [3.63, 3.8) is 0 Å². The molecule has 3 heterocycles. The van der Waals surface area contributed by atoms with E-state index < -0.39 is 36.4 Å². The van der Waals surface area contributed by atoms with Gasteiger partial charge in [-0.05, 0) is 65.3 Å². The van der Waals surface area contributed by atoms with Crippen LogP contribution >= 0.6 is 40.2 Å². The highest BCUT2D eigenvalue weighted by molar-refractivity contribution is 14.2.